The highest BCUT2D eigenvalue weighted by molar-refractivity contribution is 7.99. The third-order valence-corrected chi connectivity index (χ3v) is 5.62. The fourth-order valence-electron chi connectivity index (χ4n) is 2.89. The lowest BCUT2D eigenvalue weighted by Gasteiger charge is -2.22. The Morgan fingerprint density at radius 3 is 2.57 bits per heavy atom. The van der Waals surface area contributed by atoms with Gasteiger partial charge in [-0.1, -0.05) is 6.07 Å². The minimum atomic E-state index is -1.27. The topological polar surface area (TPSA) is 60.7 Å². The fourth-order valence-corrected chi connectivity index (χ4v) is 3.73. The lowest BCUT2D eigenvalue weighted by atomic mass is 10.1. The van der Waals surface area contributed by atoms with Gasteiger partial charge in [0.25, 0.3) is 0 Å². The third kappa shape index (κ3) is 4.62. The Kier molecular flexibility index (Phi) is 6.19. The number of carboxylic acids is 1. The molecule has 0 aliphatic carbocycles. The van der Waals surface area contributed by atoms with Crippen LogP contribution in [-0.4, -0.2) is 34.1 Å². The Hall–Kier alpha value is -2.60. The SMILES string of the molecule is COc1ccc(SCCCn2ccc3c(OC(C)(C)C(=O)O)cccc32)cc1. The first kappa shape index (κ1) is 20.1. The molecule has 2 aromatic carbocycles. The maximum Gasteiger partial charge on any atom is 0.347 e. The van der Waals surface area contributed by atoms with Gasteiger partial charge in [0, 0.05) is 23.0 Å². The summed E-state index contributed by atoms with van der Waals surface area (Å²) in [7, 11) is 1.67. The monoisotopic (exact) mass is 399 g/mol. The Morgan fingerprint density at radius 2 is 1.89 bits per heavy atom. The Bertz CT molecular complexity index is 947. The number of nitrogens with zero attached hydrogens (tertiary/aromatic N) is 1. The van der Waals surface area contributed by atoms with Crippen LogP contribution in [-0.2, 0) is 11.3 Å². The van der Waals surface area contributed by atoms with Crippen molar-refractivity contribution in [3.05, 3.63) is 54.7 Å². The van der Waals surface area contributed by atoms with Gasteiger partial charge in [0.05, 0.1) is 12.6 Å². The zero-order valence-electron chi connectivity index (χ0n) is 16.3. The maximum absolute atomic E-state index is 11.4. The van der Waals surface area contributed by atoms with Crippen molar-refractivity contribution >= 4 is 28.6 Å². The molecule has 148 valence electrons. The van der Waals surface area contributed by atoms with Crippen molar-refractivity contribution in [1.82, 2.24) is 4.57 Å². The molecule has 0 bridgehead atoms. The van der Waals surface area contributed by atoms with E-state index >= 15 is 0 Å². The molecular formula is C22H25NO4S. The number of aryl methyl sites for hydroxylation is 1. The summed E-state index contributed by atoms with van der Waals surface area (Å²) in [6, 6.07) is 15.8. The van der Waals surface area contributed by atoms with Crippen LogP contribution in [0.3, 0.4) is 0 Å². The molecule has 0 saturated heterocycles. The van der Waals surface area contributed by atoms with Gasteiger partial charge in [-0.3, -0.25) is 0 Å². The minimum Gasteiger partial charge on any atom is -0.497 e. The van der Waals surface area contributed by atoms with Crippen molar-refractivity contribution in [2.75, 3.05) is 12.9 Å². The molecule has 0 amide bonds. The average molecular weight is 400 g/mol. The summed E-state index contributed by atoms with van der Waals surface area (Å²) in [6.45, 7) is 4.00. The van der Waals surface area contributed by atoms with Crippen molar-refractivity contribution in [3.8, 4) is 11.5 Å². The second kappa shape index (κ2) is 8.61. The van der Waals surface area contributed by atoms with E-state index in [9.17, 15) is 9.90 Å². The molecule has 1 heterocycles. The molecule has 0 aliphatic heterocycles. The summed E-state index contributed by atoms with van der Waals surface area (Å²) < 4.78 is 13.1. The van der Waals surface area contributed by atoms with Crippen LogP contribution < -0.4 is 9.47 Å². The van der Waals surface area contributed by atoms with Crippen molar-refractivity contribution < 1.29 is 19.4 Å². The lowest BCUT2D eigenvalue weighted by Crippen LogP contribution is -2.37. The highest BCUT2D eigenvalue weighted by Gasteiger charge is 2.30. The number of rotatable bonds is 9. The van der Waals surface area contributed by atoms with E-state index < -0.39 is 11.6 Å². The van der Waals surface area contributed by atoms with Crippen molar-refractivity contribution in [1.29, 1.82) is 0 Å². The van der Waals surface area contributed by atoms with Crippen LogP contribution in [0.15, 0.2) is 59.6 Å². The van der Waals surface area contributed by atoms with Crippen molar-refractivity contribution in [3.63, 3.8) is 0 Å². The first-order valence-electron chi connectivity index (χ1n) is 9.18. The van der Waals surface area contributed by atoms with Gasteiger partial charge < -0.3 is 19.1 Å². The van der Waals surface area contributed by atoms with Gasteiger partial charge in [0.15, 0.2) is 5.60 Å². The van der Waals surface area contributed by atoms with E-state index in [0.717, 1.165) is 35.4 Å². The van der Waals surface area contributed by atoms with Gasteiger partial charge in [0.1, 0.15) is 11.5 Å². The zero-order valence-corrected chi connectivity index (χ0v) is 17.2. The summed E-state index contributed by atoms with van der Waals surface area (Å²) in [6.07, 6.45) is 3.05. The number of methoxy groups -OCH3 is 1. The minimum absolute atomic E-state index is 0.594. The van der Waals surface area contributed by atoms with E-state index in [4.69, 9.17) is 9.47 Å². The molecule has 0 aliphatic rings. The van der Waals surface area contributed by atoms with Crippen LogP contribution in [0.1, 0.15) is 20.3 Å². The zero-order chi connectivity index (χ0) is 20.1. The predicted octanol–water partition coefficient (Wildman–Crippen LogP) is 5.07. The first-order valence-corrected chi connectivity index (χ1v) is 10.2. The predicted molar refractivity (Wildman–Crippen MR) is 113 cm³/mol. The third-order valence-electron chi connectivity index (χ3n) is 4.53. The number of carbonyl (C=O) groups is 1. The number of aliphatic carboxylic acids is 1. The van der Waals surface area contributed by atoms with Crippen LogP contribution in [0.2, 0.25) is 0 Å². The van der Waals surface area contributed by atoms with E-state index in [1.807, 2.05) is 54.4 Å². The summed E-state index contributed by atoms with van der Waals surface area (Å²) in [4.78, 5) is 12.6. The molecule has 1 aromatic heterocycles. The van der Waals surface area contributed by atoms with E-state index in [1.54, 1.807) is 21.0 Å². The Balaban J connectivity index is 1.62. The van der Waals surface area contributed by atoms with Gasteiger partial charge in [-0.2, -0.15) is 0 Å². The van der Waals surface area contributed by atoms with Crippen LogP contribution in [0.5, 0.6) is 11.5 Å². The second-order valence-electron chi connectivity index (χ2n) is 6.99. The molecule has 1 N–H and O–H groups in total. The molecule has 5 nitrogen and oxygen atoms in total. The number of ether oxygens (including phenoxy) is 2. The van der Waals surface area contributed by atoms with Crippen LogP contribution in [0.25, 0.3) is 10.9 Å². The standard InChI is InChI=1S/C22H25NO4S/c1-22(2,21(24)25)27-20-7-4-6-19-18(20)12-14-23(19)13-5-15-28-17-10-8-16(26-3)9-11-17/h4,6-12,14H,5,13,15H2,1-3H3,(H,24,25). The van der Waals surface area contributed by atoms with Gasteiger partial charge in [0.2, 0.25) is 0 Å². The van der Waals surface area contributed by atoms with E-state index in [0.29, 0.717) is 5.75 Å². The quantitative estimate of drug-likeness (QED) is 0.402. The molecule has 0 atom stereocenters. The number of aromatic nitrogens is 1. The normalized spacial score (nSPS) is 11.5. The number of benzene rings is 2. The highest BCUT2D eigenvalue weighted by Crippen LogP contribution is 2.30. The maximum atomic E-state index is 11.4. The fraction of sp³-hybridized carbons (Fsp3) is 0.318. The van der Waals surface area contributed by atoms with Gasteiger partial charge in [-0.05, 0) is 68.5 Å². The summed E-state index contributed by atoms with van der Waals surface area (Å²) in [5, 5.41) is 10.2. The van der Waals surface area contributed by atoms with Gasteiger partial charge in [-0.15, -0.1) is 11.8 Å². The molecular weight excluding hydrogens is 374 g/mol. The Morgan fingerprint density at radius 1 is 1.14 bits per heavy atom. The molecule has 0 radical (unpaired) electrons. The summed E-state index contributed by atoms with van der Waals surface area (Å²) in [5.74, 6) is 1.48. The molecule has 0 saturated carbocycles. The number of fused-ring (bicyclic) bond motifs is 1. The van der Waals surface area contributed by atoms with E-state index in [1.165, 1.54) is 4.90 Å². The average Bonchev–Trinajstić information content (AvgIpc) is 3.09. The van der Waals surface area contributed by atoms with Gasteiger partial charge in [-0.25, -0.2) is 4.79 Å². The lowest BCUT2D eigenvalue weighted by molar-refractivity contribution is -0.152. The second-order valence-corrected chi connectivity index (χ2v) is 8.16. The number of hydrogen-bond acceptors (Lipinski definition) is 4. The number of thioether (sulfide) groups is 1. The van der Waals surface area contributed by atoms with E-state index in [2.05, 4.69) is 16.7 Å². The summed E-state index contributed by atoms with van der Waals surface area (Å²) in [5.41, 5.74) is -0.223. The largest absolute Gasteiger partial charge is 0.497 e. The highest BCUT2D eigenvalue weighted by atomic mass is 32.2. The molecule has 0 unspecified atom stereocenters. The van der Waals surface area contributed by atoms with E-state index in [-0.39, 0.29) is 0 Å². The van der Waals surface area contributed by atoms with Gasteiger partial charge >= 0.3 is 5.97 Å². The molecule has 6 heteroatoms. The Labute approximate surface area is 169 Å². The number of carboxylic acid groups (broad SMARTS) is 1. The summed E-state index contributed by atoms with van der Waals surface area (Å²) >= 11 is 1.82. The van der Waals surface area contributed by atoms with Crippen molar-refractivity contribution in [2.45, 2.75) is 37.3 Å². The van der Waals surface area contributed by atoms with Crippen LogP contribution in [0.4, 0.5) is 0 Å². The molecule has 28 heavy (non-hydrogen) atoms. The molecule has 0 fully saturated rings. The smallest absolute Gasteiger partial charge is 0.347 e. The van der Waals surface area contributed by atoms with Crippen LogP contribution >= 0.6 is 11.8 Å². The molecule has 0 spiro atoms. The first-order chi connectivity index (χ1) is 13.4. The molecule has 3 rings (SSSR count). The van der Waals surface area contributed by atoms with Crippen molar-refractivity contribution in [2.24, 2.45) is 0 Å². The molecule has 3 aromatic rings. The van der Waals surface area contributed by atoms with Crippen LogP contribution in [0, 0.1) is 0 Å². The number of hydrogen-bond donors (Lipinski definition) is 1.